The van der Waals surface area contributed by atoms with Crippen LogP contribution in [0, 0.1) is 11.3 Å². The Kier molecular flexibility index (Phi) is 4.04. The van der Waals surface area contributed by atoms with E-state index in [0.717, 1.165) is 12.3 Å². The molecular weight excluding hydrogens is 349 g/mol. The lowest BCUT2D eigenvalue weighted by Crippen LogP contribution is -2.09. The van der Waals surface area contributed by atoms with Crippen LogP contribution in [-0.4, -0.2) is 4.98 Å². The second kappa shape index (κ2) is 5.61. The van der Waals surface area contributed by atoms with E-state index in [9.17, 15) is 13.2 Å². The highest BCUT2D eigenvalue weighted by atomic mass is 79.9. The second-order valence-electron chi connectivity index (χ2n) is 4.09. The van der Waals surface area contributed by atoms with Gasteiger partial charge in [0.15, 0.2) is 0 Å². The molecule has 0 aliphatic heterocycles. The third-order valence-electron chi connectivity index (χ3n) is 2.59. The number of pyridine rings is 1. The number of alkyl halides is 3. The Morgan fingerprint density at radius 3 is 2.52 bits per heavy atom. The number of nitrogen functional groups attached to an aromatic ring is 1. The van der Waals surface area contributed by atoms with E-state index in [1.54, 1.807) is 12.1 Å². The molecule has 108 valence electrons. The molecule has 0 saturated heterocycles. The van der Waals surface area contributed by atoms with E-state index in [-0.39, 0.29) is 11.4 Å². The number of nitrogens with two attached hydrogens (primary N) is 1. The van der Waals surface area contributed by atoms with Crippen LogP contribution in [-0.2, 0) is 6.18 Å². The van der Waals surface area contributed by atoms with Crippen molar-refractivity contribution >= 4 is 33.0 Å². The van der Waals surface area contributed by atoms with Crippen LogP contribution in [0.2, 0.25) is 0 Å². The van der Waals surface area contributed by atoms with Crippen molar-refractivity contribution in [3.8, 4) is 6.07 Å². The fourth-order valence-electron chi connectivity index (χ4n) is 1.56. The minimum absolute atomic E-state index is 0.0826. The lowest BCUT2D eigenvalue weighted by atomic mass is 10.2. The van der Waals surface area contributed by atoms with Gasteiger partial charge in [-0.1, -0.05) is 0 Å². The van der Waals surface area contributed by atoms with E-state index in [1.165, 1.54) is 6.07 Å². The molecule has 0 radical (unpaired) electrons. The first kappa shape index (κ1) is 15.1. The molecule has 21 heavy (non-hydrogen) atoms. The van der Waals surface area contributed by atoms with Crippen LogP contribution in [0.5, 0.6) is 0 Å². The van der Waals surface area contributed by atoms with Gasteiger partial charge in [-0.3, -0.25) is 0 Å². The van der Waals surface area contributed by atoms with Gasteiger partial charge in [0.1, 0.15) is 5.69 Å². The normalized spacial score (nSPS) is 11.0. The molecule has 0 bridgehead atoms. The molecule has 4 nitrogen and oxygen atoms in total. The number of nitrogens with one attached hydrogen (secondary N) is 1. The van der Waals surface area contributed by atoms with Crippen LogP contribution in [0.15, 0.2) is 34.9 Å². The van der Waals surface area contributed by atoms with Crippen LogP contribution in [0.3, 0.4) is 0 Å². The van der Waals surface area contributed by atoms with Crippen LogP contribution >= 0.6 is 15.9 Å². The summed E-state index contributed by atoms with van der Waals surface area (Å²) in [6.07, 6.45) is -3.60. The Hall–Kier alpha value is -2.27. The first-order valence-corrected chi connectivity index (χ1v) is 6.40. The van der Waals surface area contributed by atoms with Crippen molar-refractivity contribution in [2.24, 2.45) is 0 Å². The molecule has 3 N–H and O–H groups in total. The SMILES string of the molecule is N#Cc1ccc(Nc2cc(C(F)(F)F)ncc2N)c(Br)c1. The summed E-state index contributed by atoms with van der Waals surface area (Å²) in [6.45, 7) is 0. The van der Waals surface area contributed by atoms with Crippen molar-refractivity contribution in [3.63, 3.8) is 0 Å². The number of benzene rings is 1. The smallest absolute Gasteiger partial charge is 0.396 e. The van der Waals surface area contributed by atoms with Crippen LogP contribution in [0.4, 0.5) is 30.2 Å². The zero-order chi connectivity index (χ0) is 15.6. The number of hydrogen-bond acceptors (Lipinski definition) is 4. The van der Waals surface area contributed by atoms with E-state index < -0.39 is 11.9 Å². The quantitative estimate of drug-likeness (QED) is 0.850. The zero-order valence-electron chi connectivity index (χ0n) is 10.4. The summed E-state index contributed by atoms with van der Waals surface area (Å²) in [6, 6.07) is 7.44. The summed E-state index contributed by atoms with van der Waals surface area (Å²) in [5.74, 6) is 0. The van der Waals surface area contributed by atoms with Gasteiger partial charge in [0, 0.05) is 4.47 Å². The van der Waals surface area contributed by atoms with Gasteiger partial charge in [0.2, 0.25) is 0 Å². The highest BCUT2D eigenvalue weighted by Gasteiger charge is 2.33. The molecule has 0 saturated carbocycles. The predicted octanol–water partition coefficient (Wildman–Crippen LogP) is 4.06. The summed E-state index contributed by atoms with van der Waals surface area (Å²) in [4.78, 5) is 3.26. The fraction of sp³-hybridized carbons (Fsp3) is 0.0769. The Morgan fingerprint density at radius 1 is 1.24 bits per heavy atom. The van der Waals surface area contributed by atoms with E-state index in [2.05, 4.69) is 26.2 Å². The van der Waals surface area contributed by atoms with Gasteiger partial charge in [-0.05, 0) is 40.2 Å². The maximum Gasteiger partial charge on any atom is 0.433 e. The summed E-state index contributed by atoms with van der Waals surface area (Å²) in [5, 5.41) is 11.6. The van der Waals surface area contributed by atoms with E-state index >= 15 is 0 Å². The summed E-state index contributed by atoms with van der Waals surface area (Å²) < 4.78 is 38.5. The number of rotatable bonds is 2. The number of halogens is 4. The molecule has 0 aliphatic carbocycles. The number of anilines is 3. The monoisotopic (exact) mass is 356 g/mol. The number of aromatic nitrogens is 1. The minimum Gasteiger partial charge on any atom is -0.396 e. The van der Waals surface area contributed by atoms with E-state index in [1.807, 2.05) is 6.07 Å². The van der Waals surface area contributed by atoms with Gasteiger partial charge in [-0.15, -0.1) is 0 Å². The van der Waals surface area contributed by atoms with Crippen molar-refractivity contribution in [1.29, 1.82) is 5.26 Å². The van der Waals surface area contributed by atoms with Crippen molar-refractivity contribution in [2.75, 3.05) is 11.1 Å². The topological polar surface area (TPSA) is 74.7 Å². The average Bonchev–Trinajstić information content (AvgIpc) is 2.42. The average molecular weight is 357 g/mol. The standard InChI is InChI=1S/C13H8BrF3N4/c14-8-3-7(5-18)1-2-10(8)21-11-4-12(13(15,16)17)20-6-9(11)19/h1-4,6H,19H2,(H,20,21). The maximum atomic E-state index is 12.6. The molecule has 1 aromatic carbocycles. The Balaban J connectivity index is 2.38. The molecule has 0 fully saturated rings. The Bertz CT molecular complexity index is 722. The summed E-state index contributed by atoms with van der Waals surface area (Å²) >= 11 is 3.24. The van der Waals surface area contributed by atoms with Crippen LogP contribution in [0.1, 0.15) is 11.3 Å². The number of nitrogens with zero attached hydrogens (tertiary/aromatic N) is 2. The number of nitriles is 1. The lowest BCUT2D eigenvalue weighted by molar-refractivity contribution is -0.141. The molecule has 0 spiro atoms. The van der Waals surface area contributed by atoms with Crippen molar-refractivity contribution in [1.82, 2.24) is 4.98 Å². The highest BCUT2D eigenvalue weighted by Crippen LogP contribution is 2.34. The first-order valence-electron chi connectivity index (χ1n) is 5.60. The largest absolute Gasteiger partial charge is 0.433 e. The van der Waals surface area contributed by atoms with Gasteiger partial charge in [-0.25, -0.2) is 4.98 Å². The molecule has 2 rings (SSSR count). The minimum atomic E-state index is -4.55. The lowest BCUT2D eigenvalue weighted by Gasteiger charge is -2.13. The van der Waals surface area contributed by atoms with Crippen molar-refractivity contribution in [3.05, 3.63) is 46.2 Å². The second-order valence-corrected chi connectivity index (χ2v) is 4.94. The summed E-state index contributed by atoms with van der Waals surface area (Å²) in [5.41, 5.74) is 5.67. The van der Waals surface area contributed by atoms with Gasteiger partial charge in [-0.2, -0.15) is 18.4 Å². The first-order chi connectivity index (χ1) is 9.81. The summed E-state index contributed by atoms with van der Waals surface area (Å²) in [7, 11) is 0. The Morgan fingerprint density at radius 2 is 1.95 bits per heavy atom. The van der Waals surface area contributed by atoms with Crippen molar-refractivity contribution < 1.29 is 13.2 Å². The molecule has 0 unspecified atom stereocenters. The van der Waals surface area contributed by atoms with E-state index in [0.29, 0.717) is 15.7 Å². The zero-order valence-corrected chi connectivity index (χ0v) is 12.0. The van der Waals surface area contributed by atoms with E-state index in [4.69, 9.17) is 11.0 Å². The molecule has 8 heteroatoms. The van der Waals surface area contributed by atoms with Gasteiger partial charge in [0.05, 0.1) is 34.9 Å². The van der Waals surface area contributed by atoms with Crippen LogP contribution in [0.25, 0.3) is 0 Å². The maximum absolute atomic E-state index is 12.6. The number of hydrogen-bond donors (Lipinski definition) is 2. The highest BCUT2D eigenvalue weighted by molar-refractivity contribution is 9.10. The predicted molar refractivity (Wildman–Crippen MR) is 75.8 cm³/mol. The molecule has 1 aromatic heterocycles. The molecular formula is C13H8BrF3N4. The van der Waals surface area contributed by atoms with Gasteiger partial charge in [0.25, 0.3) is 0 Å². The molecule has 0 amide bonds. The van der Waals surface area contributed by atoms with Gasteiger partial charge >= 0.3 is 6.18 Å². The van der Waals surface area contributed by atoms with Crippen LogP contribution < -0.4 is 11.1 Å². The molecule has 0 atom stereocenters. The van der Waals surface area contributed by atoms with Crippen molar-refractivity contribution in [2.45, 2.75) is 6.18 Å². The molecule has 2 aromatic rings. The molecule has 0 aliphatic rings. The van der Waals surface area contributed by atoms with Gasteiger partial charge < -0.3 is 11.1 Å². The third-order valence-corrected chi connectivity index (χ3v) is 3.25. The fourth-order valence-corrected chi connectivity index (χ4v) is 2.04. The third kappa shape index (κ3) is 3.44. The Labute approximate surface area is 126 Å². The molecule has 1 heterocycles.